The third-order valence-electron chi connectivity index (χ3n) is 3.47. The third-order valence-corrected chi connectivity index (χ3v) is 3.47. The summed E-state index contributed by atoms with van der Waals surface area (Å²) in [7, 11) is 1.32. The van der Waals surface area contributed by atoms with Crippen molar-refractivity contribution in [1.29, 1.82) is 0 Å². The number of non-ortho nitro benzene ring substituents is 1. The van der Waals surface area contributed by atoms with Gasteiger partial charge in [-0.05, 0) is 44.2 Å². The fourth-order valence-corrected chi connectivity index (χ4v) is 2.24. The number of carbonyl (C=O) groups is 2. The number of nitrogens with zero attached hydrogens (tertiary/aromatic N) is 1. The van der Waals surface area contributed by atoms with Gasteiger partial charge in [0, 0.05) is 6.07 Å². The molecule has 0 saturated heterocycles. The zero-order valence-corrected chi connectivity index (χ0v) is 15.6. The van der Waals surface area contributed by atoms with Crippen LogP contribution in [-0.2, 0) is 9.53 Å². The number of rotatable bonds is 8. The lowest BCUT2D eigenvalue weighted by Gasteiger charge is -2.11. The van der Waals surface area contributed by atoms with Crippen LogP contribution >= 0.6 is 0 Å². The molecule has 0 aliphatic rings. The highest BCUT2D eigenvalue weighted by Crippen LogP contribution is 2.28. The molecule has 2 aromatic carbocycles. The molecular formula is C19H20N2O7. The predicted octanol–water partition coefficient (Wildman–Crippen LogP) is 3.19. The van der Waals surface area contributed by atoms with Crippen LogP contribution < -0.4 is 14.8 Å². The largest absolute Gasteiger partial charge is 0.494 e. The molecule has 0 aliphatic carbocycles. The molecule has 0 spiro atoms. The second kappa shape index (κ2) is 9.36. The van der Waals surface area contributed by atoms with Crippen molar-refractivity contribution >= 4 is 23.3 Å². The number of benzene rings is 2. The number of nitro groups is 1. The van der Waals surface area contributed by atoms with Crippen LogP contribution in [0.3, 0.4) is 0 Å². The summed E-state index contributed by atoms with van der Waals surface area (Å²) in [4.78, 5) is 34.3. The minimum Gasteiger partial charge on any atom is -0.494 e. The first-order chi connectivity index (χ1) is 13.3. The third kappa shape index (κ3) is 5.70. The highest BCUT2D eigenvalue weighted by molar-refractivity contribution is 5.96. The second-order valence-corrected chi connectivity index (χ2v) is 5.96. The molecule has 2 rings (SSSR count). The summed E-state index contributed by atoms with van der Waals surface area (Å²) in [6.07, 6.45) is 0.0120. The molecule has 0 fully saturated rings. The minimum absolute atomic E-state index is 0.0120. The normalized spacial score (nSPS) is 10.3. The van der Waals surface area contributed by atoms with Crippen molar-refractivity contribution in [3.63, 3.8) is 0 Å². The molecule has 28 heavy (non-hydrogen) atoms. The number of hydrogen-bond donors (Lipinski definition) is 1. The summed E-state index contributed by atoms with van der Waals surface area (Å²) in [5.74, 6) is -0.536. The Bertz CT molecular complexity index is 863. The molecule has 0 aromatic heterocycles. The lowest BCUT2D eigenvalue weighted by atomic mass is 10.2. The molecule has 9 nitrogen and oxygen atoms in total. The highest BCUT2D eigenvalue weighted by atomic mass is 16.6. The summed E-state index contributed by atoms with van der Waals surface area (Å²) in [6.45, 7) is 3.25. The topological polar surface area (TPSA) is 117 Å². The van der Waals surface area contributed by atoms with Gasteiger partial charge in [0.15, 0.2) is 6.61 Å². The Morgan fingerprint density at radius 1 is 1.14 bits per heavy atom. The molecule has 1 amide bonds. The Labute approximate surface area is 161 Å². The molecule has 148 valence electrons. The molecule has 0 heterocycles. The van der Waals surface area contributed by atoms with Gasteiger partial charge in [-0.15, -0.1) is 0 Å². The van der Waals surface area contributed by atoms with Crippen LogP contribution in [0.25, 0.3) is 0 Å². The maximum absolute atomic E-state index is 12.0. The maximum atomic E-state index is 12.0. The van der Waals surface area contributed by atoms with Crippen molar-refractivity contribution in [3.8, 4) is 11.5 Å². The van der Waals surface area contributed by atoms with E-state index in [0.717, 1.165) is 0 Å². The van der Waals surface area contributed by atoms with Crippen molar-refractivity contribution in [1.82, 2.24) is 0 Å². The number of ether oxygens (including phenoxy) is 3. The Hall–Kier alpha value is -3.62. The first-order valence-corrected chi connectivity index (χ1v) is 8.36. The predicted molar refractivity (Wildman–Crippen MR) is 101 cm³/mol. The summed E-state index contributed by atoms with van der Waals surface area (Å²) in [6, 6.07) is 10.1. The smallest absolute Gasteiger partial charge is 0.338 e. The van der Waals surface area contributed by atoms with Crippen molar-refractivity contribution in [2.75, 3.05) is 19.0 Å². The van der Waals surface area contributed by atoms with Crippen molar-refractivity contribution in [2.45, 2.75) is 20.0 Å². The number of anilines is 1. The molecule has 1 N–H and O–H groups in total. The fraction of sp³-hybridized carbons (Fsp3) is 0.263. The Morgan fingerprint density at radius 2 is 1.82 bits per heavy atom. The molecule has 0 atom stereocenters. The van der Waals surface area contributed by atoms with Gasteiger partial charge in [-0.3, -0.25) is 14.9 Å². The molecule has 9 heteroatoms. The number of hydrogen-bond acceptors (Lipinski definition) is 7. The fourth-order valence-electron chi connectivity index (χ4n) is 2.24. The van der Waals surface area contributed by atoms with Crippen molar-refractivity contribution in [2.24, 2.45) is 0 Å². The van der Waals surface area contributed by atoms with Crippen LogP contribution in [0.5, 0.6) is 11.5 Å². The molecule has 0 radical (unpaired) electrons. The van der Waals surface area contributed by atoms with Gasteiger partial charge in [-0.2, -0.15) is 0 Å². The zero-order valence-electron chi connectivity index (χ0n) is 15.6. The van der Waals surface area contributed by atoms with Crippen LogP contribution in [0.4, 0.5) is 11.4 Å². The van der Waals surface area contributed by atoms with E-state index in [2.05, 4.69) is 5.32 Å². The summed E-state index contributed by atoms with van der Waals surface area (Å²) < 4.78 is 15.5. The van der Waals surface area contributed by atoms with Gasteiger partial charge in [0.05, 0.1) is 35.5 Å². The van der Waals surface area contributed by atoms with E-state index in [4.69, 9.17) is 14.2 Å². The van der Waals surface area contributed by atoms with Gasteiger partial charge in [0.1, 0.15) is 11.5 Å². The van der Waals surface area contributed by atoms with Crippen LogP contribution in [0, 0.1) is 10.1 Å². The molecular weight excluding hydrogens is 368 g/mol. The van der Waals surface area contributed by atoms with Crippen LogP contribution in [0.2, 0.25) is 0 Å². The second-order valence-electron chi connectivity index (χ2n) is 5.96. The first kappa shape index (κ1) is 20.7. The van der Waals surface area contributed by atoms with Gasteiger partial charge in [0.2, 0.25) is 0 Å². The number of carbonyl (C=O) groups excluding carboxylic acids is 2. The van der Waals surface area contributed by atoms with Crippen LogP contribution in [0.15, 0.2) is 42.5 Å². The number of methoxy groups -OCH3 is 1. The lowest BCUT2D eigenvalue weighted by Crippen LogP contribution is -2.21. The Morgan fingerprint density at radius 3 is 2.39 bits per heavy atom. The van der Waals surface area contributed by atoms with E-state index in [1.807, 2.05) is 13.8 Å². The van der Waals surface area contributed by atoms with Gasteiger partial charge in [0.25, 0.3) is 11.6 Å². The van der Waals surface area contributed by atoms with E-state index < -0.39 is 23.4 Å². The average Bonchev–Trinajstić information content (AvgIpc) is 2.66. The molecule has 0 aliphatic heterocycles. The summed E-state index contributed by atoms with van der Waals surface area (Å²) in [5.41, 5.74) is 0.326. The standard InChI is InChI=1S/C19H20N2O7/c1-12(2)28-15-7-4-13(5-8-15)19(23)27-11-18(22)20-16-9-6-14(21(24)25)10-17(16)26-3/h4-10,12H,11H2,1-3H3,(H,20,22). The Balaban J connectivity index is 1.93. The number of amides is 1. The number of nitro benzene ring substituents is 1. The summed E-state index contributed by atoms with van der Waals surface area (Å²) >= 11 is 0. The maximum Gasteiger partial charge on any atom is 0.338 e. The molecule has 0 unspecified atom stereocenters. The molecule has 0 saturated carbocycles. The average molecular weight is 388 g/mol. The summed E-state index contributed by atoms with van der Waals surface area (Å²) in [5, 5.41) is 13.3. The SMILES string of the molecule is COc1cc([N+](=O)[O-])ccc1NC(=O)COC(=O)c1ccc(OC(C)C)cc1. The van der Waals surface area contributed by atoms with Crippen LogP contribution in [0.1, 0.15) is 24.2 Å². The molecule has 0 bridgehead atoms. The van der Waals surface area contributed by atoms with Crippen molar-refractivity contribution in [3.05, 3.63) is 58.1 Å². The monoisotopic (exact) mass is 388 g/mol. The van der Waals surface area contributed by atoms with E-state index in [1.165, 1.54) is 37.4 Å². The Kier molecular flexibility index (Phi) is 6.91. The van der Waals surface area contributed by atoms with Gasteiger partial charge in [-0.1, -0.05) is 0 Å². The quantitative estimate of drug-likeness (QED) is 0.419. The van der Waals surface area contributed by atoms with E-state index in [9.17, 15) is 19.7 Å². The zero-order chi connectivity index (χ0) is 20.7. The number of nitrogens with one attached hydrogen (secondary N) is 1. The van der Waals surface area contributed by atoms with E-state index in [-0.39, 0.29) is 28.8 Å². The van der Waals surface area contributed by atoms with Gasteiger partial charge in [-0.25, -0.2) is 4.79 Å². The van der Waals surface area contributed by atoms with Gasteiger partial charge >= 0.3 is 5.97 Å². The lowest BCUT2D eigenvalue weighted by molar-refractivity contribution is -0.384. The van der Waals surface area contributed by atoms with E-state index in [0.29, 0.717) is 5.75 Å². The minimum atomic E-state index is -0.665. The first-order valence-electron chi connectivity index (χ1n) is 8.36. The van der Waals surface area contributed by atoms with Gasteiger partial charge < -0.3 is 19.5 Å². The van der Waals surface area contributed by atoms with E-state index in [1.54, 1.807) is 12.1 Å². The highest BCUT2D eigenvalue weighted by Gasteiger charge is 2.15. The molecule has 2 aromatic rings. The number of esters is 1. The van der Waals surface area contributed by atoms with Crippen molar-refractivity contribution < 1.29 is 28.7 Å². The van der Waals surface area contributed by atoms with Crippen LogP contribution in [-0.4, -0.2) is 36.6 Å². The van der Waals surface area contributed by atoms with E-state index >= 15 is 0 Å².